The summed E-state index contributed by atoms with van der Waals surface area (Å²) < 4.78 is 8.93. The minimum absolute atomic E-state index is 0.0191. The number of hydrogen-bond donors (Lipinski definition) is 0. The van der Waals surface area contributed by atoms with Gasteiger partial charge in [0.2, 0.25) is 0 Å². The molecule has 4 heterocycles. The first-order valence-electron chi connectivity index (χ1n) is 19.1. The van der Waals surface area contributed by atoms with Crippen LogP contribution in [0, 0.1) is 0 Å². The molecule has 9 aromatic rings. The molecular formula is C52H35N3O. The first kappa shape index (κ1) is 32.2. The van der Waals surface area contributed by atoms with Gasteiger partial charge < -0.3 is 9.30 Å². The number of rotatable bonds is 6. The minimum Gasteiger partial charge on any atom is -0.485 e. The molecule has 4 nitrogen and oxygen atoms in total. The predicted molar refractivity (Wildman–Crippen MR) is 229 cm³/mol. The van der Waals surface area contributed by atoms with Crippen LogP contribution in [0.5, 0.6) is 5.75 Å². The van der Waals surface area contributed by atoms with Crippen LogP contribution in [0.25, 0.3) is 77.8 Å². The summed E-state index contributed by atoms with van der Waals surface area (Å²) in [5.74, 6) is 1.07. The third-order valence-corrected chi connectivity index (χ3v) is 11.3. The normalized spacial score (nSPS) is 15.7. The Kier molecular flexibility index (Phi) is 7.59. The lowest BCUT2D eigenvalue weighted by Gasteiger charge is -2.19. The van der Waals surface area contributed by atoms with E-state index in [1.54, 1.807) is 0 Å². The Bertz CT molecular complexity index is 2860. The number of fused-ring (bicyclic) bond motifs is 6. The summed E-state index contributed by atoms with van der Waals surface area (Å²) in [6.07, 6.45) is 10.5. The lowest BCUT2D eigenvalue weighted by atomic mass is 9.87. The average Bonchev–Trinajstić information content (AvgIpc) is 3.81. The van der Waals surface area contributed by atoms with E-state index in [0.29, 0.717) is 0 Å². The molecule has 0 saturated heterocycles. The molecule has 11 rings (SSSR count). The standard InChI is InChI=1S/C52H35N3O/c1-2-12-34(13-3-1)35-22-26-51-45(30-35)46-33-38(23-27-52(46)56-51)55-49-24-20-36(39-14-4-6-16-41(39)47-18-8-10-28-53-47)31-43(49)44-32-37(21-25-50(44)55)40-15-5-7-17-42(40)48-19-9-11-29-54-48/h1-33,45,51H. The molecule has 0 N–H and O–H groups in total. The van der Waals surface area contributed by atoms with Crippen LogP contribution in [0.4, 0.5) is 0 Å². The summed E-state index contributed by atoms with van der Waals surface area (Å²) in [4.78, 5) is 9.44. The van der Waals surface area contributed by atoms with Crippen LogP contribution in [0.3, 0.4) is 0 Å². The van der Waals surface area contributed by atoms with E-state index in [-0.39, 0.29) is 12.0 Å². The fraction of sp³-hybridized carbons (Fsp3) is 0.0385. The largest absolute Gasteiger partial charge is 0.485 e. The second-order valence-corrected chi connectivity index (χ2v) is 14.5. The van der Waals surface area contributed by atoms with Gasteiger partial charge in [0.1, 0.15) is 11.9 Å². The number of ether oxygens (including phenoxy) is 1. The Labute approximate surface area is 325 Å². The summed E-state index contributed by atoms with van der Waals surface area (Å²) in [6.45, 7) is 0. The molecule has 264 valence electrons. The highest BCUT2D eigenvalue weighted by molar-refractivity contribution is 6.12. The maximum Gasteiger partial charge on any atom is 0.128 e. The van der Waals surface area contributed by atoms with Gasteiger partial charge in [-0.05, 0) is 106 Å². The molecule has 56 heavy (non-hydrogen) atoms. The fourth-order valence-electron chi connectivity index (χ4n) is 8.65. The molecule has 2 aliphatic rings. The molecule has 0 radical (unpaired) electrons. The second-order valence-electron chi connectivity index (χ2n) is 14.5. The summed E-state index contributed by atoms with van der Waals surface area (Å²) in [5.41, 5.74) is 15.8. The van der Waals surface area contributed by atoms with Crippen LogP contribution in [-0.2, 0) is 0 Å². The van der Waals surface area contributed by atoms with Crippen LogP contribution in [0.1, 0.15) is 17.0 Å². The summed E-state index contributed by atoms with van der Waals surface area (Å²) in [6, 6.07) is 60.4. The van der Waals surface area contributed by atoms with Crippen LogP contribution < -0.4 is 4.74 Å². The number of hydrogen-bond acceptors (Lipinski definition) is 3. The smallest absolute Gasteiger partial charge is 0.128 e. The van der Waals surface area contributed by atoms with E-state index in [1.807, 2.05) is 36.7 Å². The molecule has 1 aliphatic heterocycles. The molecule has 2 unspecified atom stereocenters. The highest BCUT2D eigenvalue weighted by Gasteiger charge is 2.34. The first-order chi connectivity index (χ1) is 27.8. The lowest BCUT2D eigenvalue weighted by molar-refractivity contribution is 0.269. The van der Waals surface area contributed by atoms with Crippen molar-refractivity contribution in [2.75, 3.05) is 0 Å². The van der Waals surface area contributed by atoms with Gasteiger partial charge in [-0.2, -0.15) is 0 Å². The predicted octanol–water partition coefficient (Wildman–Crippen LogP) is 12.7. The zero-order chi connectivity index (χ0) is 37.0. The van der Waals surface area contributed by atoms with Gasteiger partial charge in [-0.15, -0.1) is 0 Å². The van der Waals surface area contributed by atoms with E-state index >= 15 is 0 Å². The van der Waals surface area contributed by atoms with Gasteiger partial charge in [-0.1, -0.05) is 115 Å². The molecule has 2 atom stereocenters. The van der Waals surface area contributed by atoms with Crippen LogP contribution in [0.15, 0.2) is 200 Å². The Morgan fingerprint density at radius 3 is 1.64 bits per heavy atom. The van der Waals surface area contributed by atoms with Gasteiger partial charge in [-0.3, -0.25) is 9.97 Å². The van der Waals surface area contributed by atoms with E-state index in [4.69, 9.17) is 14.7 Å². The number of nitrogens with zero attached hydrogens (tertiary/aromatic N) is 3. The van der Waals surface area contributed by atoms with Gasteiger partial charge in [-0.25, -0.2) is 0 Å². The Hall–Kier alpha value is -7.30. The van der Waals surface area contributed by atoms with Crippen LogP contribution >= 0.6 is 0 Å². The van der Waals surface area contributed by atoms with Crippen molar-refractivity contribution in [1.82, 2.24) is 14.5 Å². The number of allylic oxidation sites excluding steroid dienone is 2. The van der Waals surface area contributed by atoms with Crippen molar-refractivity contribution >= 4 is 27.4 Å². The topological polar surface area (TPSA) is 39.9 Å². The quantitative estimate of drug-likeness (QED) is 0.172. The van der Waals surface area contributed by atoms with Crippen molar-refractivity contribution in [2.45, 2.75) is 12.0 Å². The van der Waals surface area contributed by atoms with E-state index in [9.17, 15) is 0 Å². The van der Waals surface area contributed by atoms with E-state index < -0.39 is 0 Å². The zero-order valence-electron chi connectivity index (χ0n) is 30.5. The zero-order valence-corrected chi connectivity index (χ0v) is 30.5. The Balaban J connectivity index is 1.11. The molecule has 0 saturated carbocycles. The van der Waals surface area contributed by atoms with Crippen molar-refractivity contribution in [3.8, 4) is 56.2 Å². The van der Waals surface area contributed by atoms with Crippen molar-refractivity contribution in [1.29, 1.82) is 0 Å². The average molecular weight is 718 g/mol. The maximum atomic E-state index is 6.52. The Morgan fingerprint density at radius 1 is 0.482 bits per heavy atom. The van der Waals surface area contributed by atoms with Gasteiger partial charge in [0.25, 0.3) is 0 Å². The molecule has 0 amide bonds. The van der Waals surface area contributed by atoms with Gasteiger partial charge in [0, 0.05) is 51.5 Å². The minimum atomic E-state index is -0.0191. The van der Waals surface area contributed by atoms with Crippen molar-refractivity contribution < 1.29 is 4.74 Å². The van der Waals surface area contributed by atoms with Gasteiger partial charge in [0.05, 0.1) is 22.4 Å². The molecule has 0 spiro atoms. The second kappa shape index (κ2) is 13.2. The number of pyridine rings is 2. The summed E-state index contributed by atoms with van der Waals surface area (Å²) >= 11 is 0. The van der Waals surface area contributed by atoms with Crippen molar-refractivity contribution in [2.24, 2.45) is 0 Å². The molecule has 1 aliphatic carbocycles. The molecule has 4 heteroatoms. The van der Waals surface area contributed by atoms with E-state index in [0.717, 1.165) is 67.2 Å². The molecule has 0 bridgehead atoms. The molecule has 3 aromatic heterocycles. The maximum absolute atomic E-state index is 6.52. The Morgan fingerprint density at radius 2 is 1.05 bits per heavy atom. The third-order valence-electron chi connectivity index (χ3n) is 11.3. The molecule has 0 fully saturated rings. The fourth-order valence-corrected chi connectivity index (χ4v) is 8.65. The van der Waals surface area contributed by atoms with E-state index in [1.165, 1.54) is 27.5 Å². The number of aromatic nitrogens is 3. The van der Waals surface area contributed by atoms with Crippen LogP contribution in [0.2, 0.25) is 0 Å². The third kappa shape index (κ3) is 5.38. The SMILES string of the molecule is C1=CC2Oc3ccc(-n4c5ccc(-c6ccccc6-c6ccccn6)cc5c5cc(-c6ccccc6-c6ccccn6)ccc54)cc3C2C=C1c1ccccc1. The summed E-state index contributed by atoms with van der Waals surface area (Å²) in [5, 5.41) is 2.37. The van der Waals surface area contributed by atoms with Gasteiger partial charge in [0.15, 0.2) is 0 Å². The van der Waals surface area contributed by atoms with E-state index in [2.05, 4.69) is 168 Å². The lowest BCUT2D eigenvalue weighted by Crippen LogP contribution is -2.17. The molecule has 6 aromatic carbocycles. The number of benzene rings is 6. The highest BCUT2D eigenvalue weighted by Crippen LogP contribution is 2.46. The summed E-state index contributed by atoms with van der Waals surface area (Å²) in [7, 11) is 0. The first-order valence-corrected chi connectivity index (χ1v) is 19.1. The van der Waals surface area contributed by atoms with Crippen LogP contribution in [-0.4, -0.2) is 20.6 Å². The van der Waals surface area contributed by atoms with Gasteiger partial charge >= 0.3 is 0 Å². The van der Waals surface area contributed by atoms with Crippen molar-refractivity contribution in [3.63, 3.8) is 0 Å². The van der Waals surface area contributed by atoms with Crippen molar-refractivity contribution in [3.05, 3.63) is 212 Å². The monoisotopic (exact) mass is 717 g/mol. The highest BCUT2D eigenvalue weighted by atomic mass is 16.5. The molecular weight excluding hydrogens is 683 g/mol.